The predicted molar refractivity (Wildman–Crippen MR) is 72.6 cm³/mol. The normalized spacial score (nSPS) is 10.2. The molecule has 1 aromatic heterocycles. The first-order chi connectivity index (χ1) is 9.04. The van der Waals surface area contributed by atoms with E-state index < -0.39 is 5.97 Å². The molecule has 0 fully saturated rings. The van der Waals surface area contributed by atoms with E-state index in [0.717, 1.165) is 10.7 Å². The number of aromatic carboxylic acids is 1. The zero-order chi connectivity index (χ0) is 13.8. The van der Waals surface area contributed by atoms with Crippen molar-refractivity contribution in [3.05, 3.63) is 45.9 Å². The van der Waals surface area contributed by atoms with E-state index in [1.807, 2.05) is 12.3 Å². The molecule has 0 unspecified atom stereocenters. The Morgan fingerprint density at radius 3 is 2.84 bits per heavy atom. The maximum atomic E-state index is 11.8. The fraction of sp³-hybridized carbons (Fsp3) is 0.154. The lowest BCUT2D eigenvalue weighted by Gasteiger charge is -2.04. The van der Waals surface area contributed by atoms with Crippen molar-refractivity contribution in [3.63, 3.8) is 0 Å². The van der Waals surface area contributed by atoms with E-state index in [4.69, 9.17) is 5.11 Å². The fourth-order valence-corrected chi connectivity index (χ4v) is 2.20. The molecule has 19 heavy (non-hydrogen) atoms. The monoisotopic (exact) mass is 276 g/mol. The van der Waals surface area contributed by atoms with Crippen LogP contribution in [0.15, 0.2) is 29.6 Å². The number of nitrogens with one attached hydrogen (secondary N) is 1. The first-order valence-corrected chi connectivity index (χ1v) is 6.47. The summed E-state index contributed by atoms with van der Waals surface area (Å²) in [6, 6.07) is 6.14. The van der Waals surface area contributed by atoms with Gasteiger partial charge in [0.25, 0.3) is 0 Å². The van der Waals surface area contributed by atoms with Gasteiger partial charge in [0.05, 0.1) is 22.7 Å². The van der Waals surface area contributed by atoms with Gasteiger partial charge in [-0.25, -0.2) is 9.78 Å². The van der Waals surface area contributed by atoms with Crippen molar-refractivity contribution in [1.82, 2.24) is 4.98 Å². The van der Waals surface area contributed by atoms with Crippen molar-refractivity contribution in [3.8, 4) is 0 Å². The van der Waals surface area contributed by atoms with Crippen LogP contribution in [0.1, 0.15) is 21.1 Å². The van der Waals surface area contributed by atoms with Gasteiger partial charge in [-0.2, -0.15) is 0 Å². The van der Waals surface area contributed by atoms with E-state index >= 15 is 0 Å². The van der Waals surface area contributed by atoms with Gasteiger partial charge in [-0.3, -0.25) is 4.79 Å². The molecule has 5 nitrogen and oxygen atoms in total. The number of carboxylic acid groups (broad SMARTS) is 1. The summed E-state index contributed by atoms with van der Waals surface area (Å²) in [6.45, 7) is 1.88. The number of carboxylic acids is 1. The number of carbonyl (C=O) groups excluding carboxylic acids is 1. The van der Waals surface area contributed by atoms with Gasteiger partial charge >= 0.3 is 5.97 Å². The van der Waals surface area contributed by atoms with Gasteiger partial charge < -0.3 is 10.4 Å². The average Bonchev–Trinajstić information content (AvgIpc) is 2.74. The van der Waals surface area contributed by atoms with Gasteiger partial charge in [-0.15, -0.1) is 11.3 Å². The summed E-state index contributed by atoms with van der Waals surface area (Å²) in [6.07, 6.45) is 0.182. The lowest BCUT2D eigenvalue weighted by molar-refractivity contribution is -0.115. The maximum absolute atomic E-state index is 11.8. The van der Waals surface area contributed by atoms with E-state index in [1.54, 1.807) is 12.1 Å². The smallest absolute Gasteiger partial charge is 0.335 e. The highest BCUT2D eigenvalue weighted by Crippen LogP contribution is 2.12. The zero-order valence-electron chi connectivity index (χ0n) is 10.2. The molecule has 0 spiro atoms. The Hall–Kier alpha value is -2.21. The summed E-state index contributed by atoms with van der Waals surface area (Å²) in [4.78, 5) is 26.8. The number of rotatable bonds is 4. The molecule has 98 valence electrons. The molecule has 2 N–H and O–H groups in total. The van der Waals surface area contributed by atoms with Crippen molar-refractivity contribution in [2.45, 2.75) is 13.3 Å². The SMILES string of the molecule is Cc1nc(CC(=O)Nc2cccc(C(=O)O)c2)cs1. The van der Waals surface area contributed by atoms with Crippen molar-refractivity contribution < 1.29 is 14.7 Å². The zero-order valence-corrected chi connectivity index (χ0v) is 11.0. The van der Waals surface area contributed by atoms with Crippen LogP contribution < -0.4 is 5.32 Å². The summed E-state index contributed by atoms with van der Waals surface area (Å²) in [7, 11) is 0. The second-order valence-corrected chi connectivity index (χ2v) is 5.03. The number of anilines is 1. The standard InChI is InChI=1S/C13H12N2O3S/c1-8-14-11(7-19-8)6-12(16)15-10-4-2-3-9(5-10)13(17)18/h2-5,7H,6H2,1H3,(H,15,16)(H,17,18). The average molecular weight is 276 g/mol. The summed E-state index contributed by atoms with van der Waals surface area (Å²) in [5, 5.41) is 14.3. The first-order valence-electron chi connectivity index (χ1n) is 5.59. The molecule has 0 radical (unpaired) electrons. The topological polar surface area (TPSA) is 79.3 Å². The third kappa shape index (κ3) is 3.62. The van der Waals surface area contributed by atoms with Crippen LogP contribution in [0.4, 0.5) is 5.69 Å². The highest BCUT2D eigenvalue weighted by Gasteiger charge is 2.08. The number of aryl methyl sites for hydroxylation is 1. The number of aromatic nitrogens is 1. The van der Waals surface area contributed by atoms with Crippen LogP contribution in [0, 0.1) is 6.92 Å². The molecule has 0 bridgehead atoms. The molecule has 0 aliphatic heterocycles. The minimum Gasteiger partial charge on any atom is -0.478 e. The highest BCUT2D eigenvalue weighted by atomic mass is 32.1. The minimum absolute atomic E-state index is 0.141. The number of hydrogen-bond acceptors (Lipinski definition) is 4. The third-order valence-electron chi connectivity index (χ3n) is 2.40. The molecular weight excluding hydrogens is 264 g/mol. The second kappa shape index (κ2) is 5.62. The van der Waals surface area contributed by atoms with Gasteiger partial charge in [-0.05, 0) is 25.1 Å². The number of hydrogen-bond donors (Lipinski definition) is 2. The molecule has 1 heterocycles. The van der Waals surface area contributed by atoms with E-state index in [2.05, 4.69) is 10.3 Å². The number of nitrogens with zero attached hydrogens (tertiary/aromatic N) is 1. The van der Waals surface area contributed by atoms with Crippen LogP contribution in [-0.4, -0.2) is 22.0 Å². The van der Waals surface area contributed by atoms with Gasteiger partial charge in [0, 0.05) is 11.1 Å². The molecule has 0 atom stereocenters. The number of benzene rings is 1. The van der Waals surface area contributed by atoms with Gasteiger partial charge in [0.2, 0.25) is 5.91 Å². The van der Waals surface area contributed by atoms with Crippen molar-refractivity contribution >= 4 is 28.9 Å². The Morgan fingerprint density at radius 1 is 1.42 bits per heavy atom. The molecule has 1 aromatic carbocycles. The van der Waals surface area contributed by atoms with Crippen molar-refractivity contribution in [2.75, 3.05) is 5.32 Å². The van der Waals surface area contributed by atoms with E-state index in [1.165, 1.54) is 23.5 Å². The Labute approximate surface area is 113 Å². The summed E-state index contributed by atoms with van der Waals surface area (Å²) >= 11 is 1.49. The molecule has 1 amide bonds. The van der Waals surface area contributed by atoms with Crippen LogP contribution in [0.2, 0.25) is 0 Å². The summed E-state index contributed by atoms with van der Waals surface area (Å²) in [5.41, 5.74) is 1.33. The summed E-state index contributed by atoms with van der Waals surface area (Å²) in [5.74, 6) is -1.24. The van der Waals surface area contributed by atoms with Gasteiger partial charge in [-0.1, -0.05) is 6.07 Å². The Balaban J connectivity index is 2.02. The van der Waals surface area contributed by atoms with Crippen molar-refractivity contribution in [2.24, 2.45) is 0 Å². The predicted octanol–water partition coefficient (Wildman–Crippen LogP) is 2.33. The molecule has 2 rings (SSSR count). The molecule has 0 aliphatic carbocycles. The van der Waals surface area contributed by atoms with Gasteiger partial charge in [0.15, 0.2) is 0 Å². The van der Waals surface area contributed by atoms with Crippen molar-refractivity contribution in [1.29, 1.82) is 0 Å². The Kier molecular flexibility index (Phi) is 3.91. The number of thiazole rings is 1. The first kappa shape index (κ1) is 13.2. The quantitative estimate of drug-likeness (QED) is 0.898. The summed E-state index contributed by atoms with van der Waals surface area (Å²) < 4.78 is 0. The lowest BCUT2D eigenvalue weighted by atomic mass is 10.2. The maximum Gasteiger partial charge on any atom is 0.335 e. The molecular formula is C13H12N2O3S. The Morgan fingerprint density at radius 2 is 2.21 bits per heavy atom. The third-order valence-corrected chi connectivity index (χ3v) is 3.22. The van der Waals surface area contributed by atoms with E-state index in [9.17, 15) is 9.59 Å². The number of carbonyl (C=O) groups is 2. The van der Waals surface area contributed by atoms with Crippen LogP contribution in [-0.2, 0) is 11.2 Å². The fourth-order valence-electron chi connectivity index (χ4n) is 1.59. The van der Waals surface area contributed by atoms with Gasteiger partial charge in [0.1, 0.15) is 0 Å². The molecule has 2 aromatic rings. The van der Waals surface area contributed by atoms with Crippen LogP contribution in [0.25, 0.3) is 0 Å². The number of amides is 1. The Bertz CT molecular complexity index is 622. The minimum atomic E-state index is -1.02. The highest BCUT2D eigenvalue weighted by molar-refractivity contribution is 7.09. The molecule has 0 saturated carbocycles. The van der Waals surface area contributed by atoms with Crippen LogP contribution >= 0.6 is 11.3 Å². The van der Waals surface area contributed by atoms with Crippen LogP contribution in [0.3, 0.4) is 0 Å². The lowest BCUT2D eigenvalue weighted by Crippen LogP contribution is -2.15. The second-order valence-electron chi connectivity index (χ2n) is 3.97. The van der Waals surface area contributed by atoms with E-state index in [-0.39, 0.29) is 17.9 Å². The van der Waals surface area contributed by atoms with Crippen LogP contribution in [0.5, 0.6) is 0 Å². The molecule has 6 heteroatoms. The molecule has 0 aliphatic rings. The largest absolute Gasteiger partial charge is 0.478 e. The molecule has 0 saturated heterocycles. The van der Waals surface area contributed by atoms with E-state index in [0.29, 0.717) is 5.69 Å².